The predicted octanol–water partition coefficient (Wildman–Crippen LogP) is 1.52. The summed E-state index contributed by atoms with van der Waals surface area (Å²) < 4.78 is 10.9. The van der Waals surface area contributed by atoms with Crippen LogP contribution in [0, 0.1) is 0 Å². The van der Waals surface area contributed by atoms with Gasteiger partial charge in [0.15, 0.2) is 0 Å². The van der Waals surface area contributed by atoms with Crippen molar-refractivity contribution in [2.24, 2.45) is 0 Å². The van der Waals surface area contributed by atoms with Gasteiger partial charge >= 0.3 is 6.01 Å². The highest BCUT2D eigenvalue weighted by Crippen LogP contribution is 2.23. The summed E-state index contributed by atoms with van der Waals surface area (Å²) in [5.41, 5.74) is 2.03. The van der Waals surface area contributed by atoms with Crippen molar-refractivity contribution in [3.63, 3.8) is 0 Å². The van der Waals surface area contributed by atoms with Crippen LogP contribution in [-0.4, -0.2) is 60.8 Å². The molecule has 0 amide bonds. The largest absolute Gasteiger partial charge is 0.467 e. The van der Waals surface area contributed by atoms with Gasteiger partial charge in [-0.05, 0) is 12.1 Å². The molecule has 0 bridgehead atoms. The van der Waals surface area contributed by atoms with Crippen LogP contribution in [0.3, 0.4) is 0 Å². The van der Waals surface area contributed by atoms with Crippen molar-refractivity contribution in [1.82, 2.24) is 19.9 Å². The number of aromatic nitrogens is 3. The molecule has 0 unspecified atom stereocenters. The third-order valence-electron chi connectivity index (χ3n) is 3.96. The first-order valence-corrected chi connectivity index (χ1v) is 7.99. The lowest BCUT2D eigenvalue weighted by Crippen LogP contribution is -2.38. The zero-order valence-corrected chi connectivity index (χ0v) is 14.3. The highest BCUT2D eigenvalue weighted by atomic mass is 16.5. The highest BCUT2D eigenvalue weighted by molar-refractivity contribution is 5.37. The van der Waals surface area contributed by atoms with E-state index in [1.54, 1.807) is 19.5 Å². The zero-order chi connectivity index (χ0) is 16.9. The van der Waals surface area contributed by atoms with Crippen molar-refractivity contribution >= 4 is 5.82 Å². The van der Waals surface area contributed by atoms with Gasteiger partial charge in [-0.25, -0.2) is 15.0 Å². The Bertz CT molecular complexity index is 662. The van der Waals surface area contributed by atoms with Crippen LogP contribution in [0.4, 0.5) is 5.82 Å². The van der Waals surface area contributed by atoms with Crippen molar-refractivity contribution in [1.29, 1.82) is 0 Å². The summed E-state index contributed by atoms with van der Waals surface area (Å²) >= 11 is 0. The van der Waals surface area contributed by atoms with E-state index in [2.05, 4.69) is 14.9 Å². The lowest BCUT2D eigenvalue weighted by Gasteiger charge is -2.32. The Labute approximate surface area is 142 Å². The summed E-state index contributed by atoms with van der Waals surface area (Å²) in [6.07, 6.45) is 3.60. The molecule has 7 heteroatoms. The zero-order valence-electron chi connectivity index (χ0n) is 14.3. The molecule has 3 heterocycles. The van der Waals surface area contributed by atoms with Crippen LogP contribution in [0.15, 0.2) is 30.6 Å². The van der Waals surface area contributed by atoms with E-state index in [0.29, 0.717) is 12.6 Å². The number of morpholine rings is 1. The number of hydrogen-bond donors (Lipinski definition) is 0. The summed E-state index contributed by atoms with van der Waals surface area (Å²) in [4.78, 5) is 17.4. The van der Waals surface area contributed by atoms with Crippen molar-refractivity contribution in [2.75, 3.05) is 45.8 Å². The quantitative estimate of drug-likeness (QED) is 0.824. The smallest absolute Gasteiger partial charge is 0.316 e. The molecule has 128 valence electrons. The first-order valence-electron chi connectivity index (χ1n) is 7.99. The first kappa shape index (κ1) is 16.6. The molecule has 1 atom stereocenters. The molecule has 0 N–H and O–H groups in total. The molecule has 7 nitrogen and oxygen atoms in total. The Morgan fingerprint density at radius 3 is 2.79 bits per heavy atom. The lowest BCUT2D eigenvalue weighted by atomic mass is 10.1. The van der Waals surface area contributed by atoms with E-state index in [1.807, 2.05) is 37.2 Å². The van der Waals surface area contributed by atoms with Gasteiger partial charge in [-0.15, -0.1) is 0 Å². The van der Waals surface area contributed by atoms with E-state index in [9.17, 15) is 0 Å². The van der Waals surface area contributed by atoms with Gasteiger partial charge in [0.1, 0.15) is 11.9 Å². The normalized spacial score (nSPS) is 18.4. The summed E-state index contributed by atoms with van der Waals surface area (Å²) in [6, 6.07) is 6.44. The monoisotopic (exact) mass is 329 g/mol. The SMILES string of the molecule is COc1ncc(CN2CCO[C@@H](c3cccc(N(C)C)n3)C2)cn1. The van der Waals surface area contributed by atoms with Crippen LogP contribution < -0.4 is 9.64 Å². The molecule has 0 saturated carbocycles. The van der Waals surface area contributed by atoms with Crippen LogP contribution in [-0.2, 0) is 11.3 Å². The van der Waals surface area contributed by atoms with Crippen LogP contribution in [0.2, 0.25) is 0 Å². The van der Waals surface area contributed by atoms with E-state index in [0.717, 1.165) is 36.7 Å². The van der Waals surface area contributed by atoms with Gasteiger partial charge in [-0.3, -0.25) is 4.90 Å². The second-order valence-electron chi connectivity index (χ2n) is 5.99. The summed E-state index contributed by atoms with van der Waals surface area (Å²) in [5.74, 6) is 0.941. The van der Waals surface area contributed by atoms with Gasteiger partial charge in [0.25, 0.3) is 0 Å². The van der Waals surface area contributed by atoms with E-state index in [-0.39, 0.29) is 6.10 Å². The average molecular weight is 329 g/mol. The van der Waals surface area contributed by atoms with Crippen molar-refractivity contribution in [2.45, 2.75) is 12.6 Å². The second-order valence-corrected chi connectivity index (χ2v) is 5.99. The van der Waals surface area contributed by atoms with Gasteiger partial charge in [-0.2, -0.15) is 0 Å². The molecule has 3 rings (SSSR count). The fourth-order valence-electron chi connectivity index (χ4n) is 2.68. The van der Waals surface area contributed by atoms with Crippen molar-refractivity contribution in [3.05, 3.63) is 41.9 Å². The Hall–Kier alpha value is -2.25. The number of anilines is 1. The molecular weight excluding hydrogens is 306 g/mol. The Balaban J connectivity index is 1.66. The molecule has 0 aliphatic carbocycles. The third-order valence-corrected chi connectivity index (χ3v) is 3.96. The first-order chi connectivity index (χ1) is 11.7. The summed E-state index contributed by atoms with van der Waals surface area (Å²) in [5, 5.41) is 0. The molecule has 0 aromatic carbocycles. The number of pyridine rings is 1. The Morgan fingerprint density at radius 1 is 1.29 bits per heavy atom. The molecular formula is C17H23N5O2. The molecule has 24 heavy (non-hydrogen) atoms. The minimum Gasteiger partial charge on any atom is -0.467 e. The van der Waals surface area contributed by atoms with Gasteiger partial charge in [0.2, 0.25) is 0 Å². The minimum absolute atomic E-state index is 0.0159. The molecule has 1 aliphatic rings. The number of ether oxygens (including phenoxy) is 2. The van der Waals surface area contributed by atoms with Crippen LogP contribution in [0.25, 0.3) is 0 Å². The average Bonchev–Trinajstić information content (AvgIpc) is 2.63. The topological polar surface area (TPSA) is 63.6 Å². The Kier molecular flexibility index (Phi) is 5.22. The number of methoxy groups -OCH3 is 1. The predicted molar refractivity (Wildman–Crippen MR) is 91.1 cm³/mol. The van der Waals surface area contributed by atoms with Crippen LogP contribution in [0.1, 0.15) is 17.4 Å². The second kappa shape index (κ2) is 7.55. The van der Waals surface area contributed by atoms with E-state index < -0.39 is 0 Å². The standard InChI is InChI=1S/C17H23N5O2/c1-21(2)16-6-4-5-14(20-16)15-12-22(7-8-24-15)11-13-9-18-17(23-3)19-10-13/h4-6,9-10,15H,7-8,11-12H2,1-3H3/t15-/m1/s1. The van der Waals surface area contributed by atoms with E-state index in [1.165, 1.54) is 0 Å². The fraction of sp³-hybridized carbons (Fsp3) is 0.471. The maximum atomic E-state index is 5.93. The molecule has 1 fully saturated rings. The Morgan fingerprint density at radius 2 is 2.08 bits per heavy atom. The molecule has 0 spiro atoms. The van der Waals surface area contributed by atoms with Crippen molar-refractivity contribution < 1.29 is 9.47 Å². The summed E-state index contributed by atoms with van der Waals surface area (Å²) in [6.45, 7) is 3.17. The van der Waals surface area contributed by atoms with Gasteiger partial charge in [0.05, 0.1) is 19.4 Å². The summed E-state index contributed by atoms with van der Waals surface area (Å²) in [7, 11) is 5.55. The van der Waals surface area contributed by atoms with Gasteiger partial charge in [0, 0.05) is 51.7 Å². The van der Waals surface area contributed by atoms with E-state index in [4.69, 9.17) is 14.5 Å². The molecule has 1 aliphatic heterocycles. The number of hydrogen-bond acceptors (Lipinski definition) is 7. The van der Waals surface area contributed by atoms with Crippen LogP contribution in [0.5, 0.6) is 6.01 Å². The molecule has 1 saturated heterocycles. The number of rotatable bonds is 5. The van der Waals surface area contributed by atoms with Gasteiger partial charge in [-0.1, -0.05) is 6.07 Å². The number of nitrogens with zero attached hydrogens (tertiary/aromatic N) is 5. The highest BCUT2D eigenvalue weighted by Gasteiger charge is 2.23. The van der Waals surface area contributed by atoms with Gasteiger partial charge < -0.3 is 14.4 Å². The maximum Gasteiger partial charge on any atom is 0.316 e. The lowest BCUT2D eigenvalue weighted by molar-refractivity contribution is -0.0350. The molecule has 2 aromatic rings. The van der Waals surface area contributed by atoms with Crippen molar-refractivity contribution in [3.8, 4) is 6.01 Å². The van der Waals surface area contributed by atoms with Crippen LogP contribution >= 0.6 is 0 Å². The third kappa shape index (κ3) is 3.98. The molecule has 2 aromatic heterocycles. The maximum absolute atomic E-state index is 5.93. The van der Waals surface area contributed by atoms with E-state index >= 15 is 0 Å². The fourth-order valence-corrected chi connectivity index (χ4v) is 2.68. The minimum atomic E-state index is -0.0159. The molecule has 0 radical (unpaired) electrons.